The number of rotatable bonds is 5. The van der Waals surface area contributed by atoms with Crippen LogP contribution < -0.4 is 0 Å². The van der Waals surface area contributed by atoms with Crippen LogP contribution in [0, 0.1) is 11.8 Å². The number of aliphatic hydroxyl groups excluding tert-OH is 1. The van der Waals surface area contributed by atoms with E-state index in [1.54, 1.807) is 6.33 Å². The lowest BCUT2D eigenvalue weighted by Crippen LogP contribution is -2.25. The summed E-state index contributed by atoms with van der Waals surface area (Å²) in [6.45, 7) is 6.57. The van der Waals surface area contributed by atoms with Gasteiger partial charge in [0.2, 0.25) is 0 Å². The average molecular weight is 239 g/mol. The van der Waals surface area contributed by atoms with Gasteiger partial charge in [-0.05, 0) is 12.3 Å². The molecule has 2 atom stereocenters. The molecule has 0 bridgehead atoms. The van der Waals surface area contributed by atoms with E-state index < -0.39 is 0 Å². The predicted octanol–water partition coefficient (Wildman–Crippen LogP) is 0.874. The summed E-state index contributed by atoms with van der Waals surface area (Å²) in [7, 11) is 0. The first-order valence-corrected chi connectivity index (χ1v) is 6.29. The fourth-order valence-electron chi connectivity index (χ4n) is 2.15. The molecule has 1 aliphatic heterocycles. The third-order valence-corrected chi connectivity index (χ3v) is 3.13. The molecule has 1 N–H and O–H groups in total. The summed E-state index contributed by atoms with van der Waals surface area (Å²) in [6, 6.07) is 0. The second-order valence-electron chi connectivity index (χ2n) is 5.15. The molecule has 1 aliphatic rings. The van der Waals surface area contributed by atoms with Crippen LogP contribution in [0.3, 0.4) is 0 Å². The summed E-state index contributed by atoms with van der Waals surface area (Å²) in [5, 5.41) is 14.3. The van der Waals surface area contributed by atoms with E-state index in [0.29, 0.717) is 18.9 Å². The lowest BCUT2D eigenvalue weighted by atomic mass is 9.99. The van der Waals surface area contributed by atoms with Crippen LogP contribution in [0.2, 0.25) is 0 Å². The van der Waals surface area contributed by atoms with Crippen molar-refractivity contribution in [1.82, 2.24) is 14.8 Å². The molecule has 1 saturated heterocycles. The van der Waals surface area contributed by atoms with Gasteiger partial charge in [-0.1, -0.05) is 13.8 Å². The molecule has 0 aliphatic carbocycles. The van der Waals surface area contributed by atoms with Gasteiger partial charge in [0.05, 0.1) is 12.7 Å². The molecule has 2 unspecified atom stereocenters. The molecule has 1 aromatic heterocycles. The lowest BCUT2D eigenvalue weighted by molar-refractivity contribution is 0.0892. The summed E-state index contributed by atoms with van der Waals surface area (Å²) in [4.78, 5) is 4.23. The maximum Gasteiger partial charge on any atom is 0.138 e. The van der Waals surface area contributed by atoms with Crippen molar-refractivity contribution in [2.24, 2.45) is 11.8 Å². The Labute approximate surface area is 102 Å². The minimum atomic E-state index is -0.368. The van der Waals surface area contributed by atoms with Gasteiger partial charge in [0, 0.05) is 25.5 Å². The topological polar surface area (TPSA) is 60.2 Å². The molecular weight excluding hydrogens is 218 g/mol. The Bertz CT molecular complexity index is 345. The predicted molar refractivity (Wildman–Crippen MR) is 63.5 cm³/mol. The Hall–Kier alpha value is -0.940. The summed E-state index contributed by atoms with van der Waals surface area (Å²) in [5.74, 6) is 1.65. The Morgan fingerprint density at radius 3 is 3.06 bits per heavy atom. The van der Waals surface area contributed by atoms with Gasteiger partial charge in [-0.3, -0.25) is 0 Å². The number of aromatic nitrogens is 3. The highest BCUT2D eigenvalue weighted by Gasteiger charge is 2.25. The highest BCUT2D eigenvalue weighted by Crippen LogP contribution is 2.19. The first kappa shape index (κ1) is 12.5. The van der Waals surface area contributed by atoms with Crippen molar-refractivity contribution >= 4 is 0 Å². The molecule has 1 aromatic rings. The Kier molecular flexibility index (Phi) is 4.12. The van der Waals surface area contributed by atoms with Crippen molar-refractivity contribution in [1.29, 1.82) is 0 Å². The summed E-state index contributed by atoms with van der Waals surface area (Å²) in [6.07, 6.45) is 2.71. The number of ether oxygens (including phenoxy) is 1. The molecule has 0 amide bonds. The third-order valence-electron chi connectivity index (χ3n) is 3.13. The van der Waals surface area contributed by atoms with Crippen LogP contribution in [0.4, 0.5) is 0 Å². The molecule has 0 aromatic carbocycles. The van der Waals surface area contributed by atoms with Crippen LogP contribution in [0.5, 0.6) is 0 Å². The molecule has 2 heterocycles. The standard InChI is InChI=1S/C12H21N3O2/c1-9(2)6-15-12(13-8-14-15)5-11(16)10-3-4-17-7-10/h8-11,16H,3-7H2,1-2H3. The molecule has 0 spiro atoms. The van der Waals surface area contributed by atoms with Crippen LogP contribution >= 0.6 is 0 Å². The quantitative estimate of drug-likeness (QED) is 0.828. The van der Waals surface area contributed by atoms with Gasteiger partial charge >= 0.3 is 0 Å². The minimum absolute atomic E-state index is 0.249. The monoisotopic (exact) mass is 239 g/mol. The smallest absolute Gasteiger partial charge is 0.138 e. The van der Waals surface area contributed by atoms with E-state index in [1.807, 2.05) is 4.68 Å². The second-order valence-corrected chi connectivity index (χ2v) is 5.15. The number of hydrogen-bond acceptors (Lipinski definition) is 4. The maximum absolute atomic E-state index is 10.1. The molecular formula is C12H21N3O2. The summed E-state index contributed by atoms with van der Waals surface area (Å²) < 4.78 is 7.18. The van der Waals surface area contributed by atoms with Gasteiger partial charge in [-0.2, -0.15) is 5.10 Å². The summed E-state index contributed by atoms with van der Waals surface area (Å²) >= 11 is 0. The van der Waals surface area contributed by atoms with E-state index in [4.69, 9.17) is 4.74 Å². The van der Waals surface area contributed by atoms with Crippen molar-refractivity contribution < 1.29 is 9.84 Å². The maximum atomic E-state index is 10.1. The largest absolute Gasteiger partial charge is 0.392 e. The van der Waals surface area contributed by atoms with E-state index in [9.17, 15) is 5.11 Å². The van der Waals surface area contributed by atoms with E-state index in [-0.39, 0.29) is 12.0 Å². The van der Waals surface area contributed by atoms with E-state index in [2.05, 4.69) is 23.9 Å². The van der Waals surface area contributed by atoms with Crippen molar-refractivity contribution in [3.05, 3.63) is 12.2 Å². The first-order chi connectivity index (χ1) is 8.16. The molecule has 1 fully saturated rings. The van der Waals surface area contributed by atoms with Crippen molar-refractivity contribution in [2.75, 3.05) is 13.2 Å². The normalized spacial score (nSPS) is 22.2. The van der Waals surface area contributed by atoms with Crippen LogP contribution in [0.25, 0.3) is 0 Å². The SMILES string of the molecule is CC(C)Cn1ncnc1CC(O)C1CCOC1. The zero-order valence-corrected chi connectivity index (χ0v) is 10.5. The first-order valence-electron chi connectivity index (χ1n) is 6.29. The fraction of sp³-hybridized carbons (Fsp3) is 0.833. The Balaban J connectivity index is 1.95. The van der Waals surface area contributed by atoms with Crippen LogP contribution in [-0.4, -0.2) is 39.2 Å². The van der Waals surface area contributed by atoms with Gasteiger partial charge in [-0.25, -0.2) is 9.67 Å². The molecule has 5 nitrogen and oxygen atoms in total. The Morgan fingerprint density at radius 1 is 1.59 bits per heavy atom. The zero-order chi connectivity index (χ0) is 12.3. The fourth-order valence-corrected chi connectivity index (χ4v) is 2.15. The third kappa shape index (κ3) is 3.26. The zero-order valence-electron chi connectivity index (χ0n) is 10.5. The molecule has 17 heavy (non-hydrogen) atoms. The highest BCUT2D eigenvalue weighted by atomic mass is 16.5. The number of aliphatic hydroxyl groups is 1. The van der Waals surface area contributed by atoms with Crippen molar-refractivity contribution in [3.8, 4) is 0 Å². The van der Waals surface area contributed by atoms with Gasteiger partial charge in [0.15, 0.2) is 0 Å². The molecule has 96 valence electrons. The van der Waals surface area contributed by atoms with Crippen LogP contribution in [0.15, 0.2) is 6.33 Å². The number of hydrogen-bond donors (Lipinski definition) is 1. The molecule has 2 rings (SSSR count). The number of nitrogens with zero attached hydrogens (tertiary/aromatic N) is 3. The molecule has 0 saturated carbocycles. The second kappa shape index (κ2) is 5.60. The highest BCUT2D eigenvalue weighted by molar-refractivity contribution is 4.90. The minimum Gasteiger partial charge on any atom is -0.392 e. The van der Waals surface area contributed by atoms with Gasteiger partial charge in [-0.15, -0.1) is 0 Å². The summed E-state index contributed by atoms with van der Waals surface area (Å²) in [5.41, 5.74) is 0. The van der Waals surface area contributed by atoms with Gasteiger partial charge < -0.3 is 9.84 Å². The van der Waals surface area contributed by atoms with Gasteiger partial charge in [0.25, 0.3) is 0 Å². The van der Waals surface area contributed by atoms with E-state index in [1.165, 1.54) is 0 Å². The van der Waals surface area contributed by atoms with Crippen LogP contribution in [0.1, 0.15) is 26.1 Å². The molecule has 0 radical (unpaired) electrons. The van der Waals surface area contributed by atoms with Gasteiger partial charge in [0.1, 0.15) is 12.2 Å². The van der Waals surface area contributed by atoms with E-state index in [0.717, 1.165) is 25.4 Å². The Morgan fingerprint density at radius 2 is 2.41 bits per heavy atom. The molecule has 5 heteroatoms. The van der Waals surface area contributed by atoms with Crippen molar-refractivity contribution in [3.63, 3.8) is 0 Å². The lowest BCUT2D eigenvalue weighted by Gasteiger charge is -2.16. The van der Waals surface area contributed by atoms with Crippen molar-refractivity contribution in [2.45, 2.75) is 39.3 Å². The van der Waals surface area contributed by atoms with E-state index >= 15 is 0 Å². The van der Waals surface area contributed by atoms with Crippen LogP contribution in [-0.2, 0) is 17.7 Å². The average Bonchev–Trinajstić information content (AvgIpc) is 2.89.